The van der Waals surface area contributed by atoms with E-state index in [4.69, 9.17) is 14.2 Å². The first kappa shape index (κ1) is 27.5. The van der Waals surface area contributed by atoms with E-state index in [2.05, 4.69) is 10.6 Å². The number of rotatable bonds is 12. The molecule has 2 aromatic rings. The number of carbonyl (C=O) groups is 3. The van der Waals surface area contributed by atoms with E-state index in [1.807, 2.05) is 24.3 Å². The molecular formula is C28H33N3O6S. The van der Waals surface area contributed by atoms with E-state index in [1.165, 1.54) is 23.8 Å². The van der Waals surface area contributed by atoms with Crippen LogP contribution in [0.3, 0.4) is 0 Å². The maximum atomic E-state index is 13.4. The Bertz CT molecular complexity index is 1220. The largest absolute Gasteiger partial charge is 0.497 e. The maximum Gasteiger partial charge on any atom is 0.278 e. The third kappa shape index (κ3) is 6.31. The van der Waals surface area contributed by atoms with Gasteiger partial charge in [0, 0.05) is 42.8 Å². The summed E-state index contributed by atoms with van der Waals surface area (Å²) >= 11 is 1.19. The van der Waals surface area contributed by atoms with Crippen molar-refractivity contribution in [1.82, 2.24) is 4.90 Å². The van der Waals surface area contributed by atoms with Crippen LogP contribution in [0.4, 0.5) is 11.4 Å². The van der Waals surface area contributed by atoms with Crippen LogP contribution in [0.1, 0.15) is 32.1 Å². The molecule has 0 aromatic heterocycles. The molecule has 3 amide bonds. The molecule has 0 bridgehead atoms. The van der Waals surface area contributed by atoms with Gasteiger partial charge in [-0.15, -0.1) is 0 Å². The lowest BCUT2D eigenvalue weighted by Gasteiger charge is -2.15. The summed E-state index contributed by atoms with van der Waals surface area (Å²) in [7, 11) is 4.66. The lowest BCUT2D eigenvalue weighted by Crippen LogP contribution is -2.33. The average Bonchev–Trinajstić information content (AvgIpc) is 3.54. The van der Waals surface area contributed by atoms with Crippen LogP contribution >= 0.6 is 11.8 Å². The number of thioether (sulfide) groups is 1. The van der Waals surface area contributed by atoms with Gasteiger partial charge in [0.25, 0.3) is 11.8 Å². The second-order valence-electron chi connectivity index (χ2n) is 9.10. The minimum Gasteiger partial charge on any atom is -0.497 e. The van der Waals surface area contributed by atoms with Crippen molar-refractivity contribution >= 4 is 40.9 Å². The van der Waals surface area contributed by atoms with E-state index >= 15 is 0 Å². The normalized spacial score (nSPS) is 15.8. The van der Waals surface area contributed by atoms with Gasteiger partial charge in [-0.05, 0) is 49.6 Å². The number of ether oxygens (including phenoxy) is 3. The van der Waals surface area contributed by atoms with Crippen LogP contribution in [0.25, 0.3) is 0 Å². The summed E-state index contributed by atoms with van der Waals surface area (Å²) in [5, 5.41) is 6.13. The number of hydrogen-bond donors (Lipinski definition) is 2. The van der Waals surface area contributed by atoms with Crippen molar-refractivity contribution in [3.8, 4) is 11.5 Å². The first-order chi connectivity index (χ1) is 18.4. The molecule has 202 valence electrons. The van der Waals surface area contributed by atoms with Crippen molar-refractivity contribution in [2.45, 2.75) is 37.0 Å². The van der Waals surface area contributed by atoms with Gasteiger partial charge in [-0.2, -0.15) is 0 Å². The molecule has 38 heavy (non-hydrogen) atoms. The van der Waals surface area contributed by atoms with Crippen molar-refractivity contribution < 1.29 is 28.6 Å². The topological polar surface area (TPSA) is 106 Å². The number of benzene rings is 2. The molecule has 0 atom stereocenters. The van der Waals surface area contributed by atoms with Crippen molar-refractivity contribution in [2.75, 3.05) is 45.1 Å². The van der Waals surface area contributed by atoms with Crippen molar-refractivity contribution in [2.24, 2.45) is 5.92 Å². The second kappa shape index (κ2) is 12.8. The Kier molecular flexibility index (Phi) is 9.30. The molecule has 0 radical (unpaired) electrons. The van der Waals surface area contributed by atoms with Gasteiger partial charge >= 0.3 is 0 Å². The van der Waals surface area contributed by atoms with E-state index in [1.54, 1.807) is 32.4 Å². The molecule has 1 saturated carbocycles. The molecule has 0 unspecified atom stereocenters. The summed E-state index contributed by atoms with van der Waals surface area (Å²) in [4.78, 5) is 41.7. The van der Waals surface area contributed by atoms with Gasteiger partial charge in [0.15, 0.2) is 0 Å². The molecule has 10 heteroatoms. The predicted octanol–water partition coefficient (Wildman–Crippen LogP) is 4.65. The molecule has 1 fully saturated rings. The summed E-state index contributed by atoms with van der Waals surface area (Å²) in [6.45, 7) is 0.662. The fourth-order valence-corrected chi connectivity index (χ4v) is 5.56. The molecular weight excluding hydrogens is 506 g/mol. The number of imide groups is 1. The van der Waals surface area contributed by atoms with Crippen LogP contribution in [0, 0.1) is 5.92 Å². The van der Waals surface area contributed by atoms with Crippen molar-refractivity contribution in [3.05, 3.63) is 53.1 Å². The van der Waals surface area contributed by atoms with Crippen LogP contribution in [0.5, 0.6) is 11.5 Å². The van der Waals surface area contributed by atoms with Gasteiger partial charge in [0.2, 0.25) is 5.91 Å². The Morgan fingerprint density at radius 2 is 1.82 bits per heavy atom. The monoisotopic (exact) mass is 539 g/mol. The zero-order valence-corrected chi connectivity index (χ0v) is 22.7. The first-order valence-corrected chi connectivity index (χ1v) is 13.4. The minimum atomic E-state index is -0.419. The highest BCUT2D eigenvalue weighted by Gasteiger charge is 2.39. The van der Waals surface area contributed by atoms with Crippen molar-refractivity contribution in [3.63, 3.8) is 0 Å². The Morgan fingerprint density at radius 1 is 1.03 bits per heavy atom. The fourth-order valence-electron chi connectivity index (χ4n) is 4.55. The Hall–Kier alpha value is -3.50. The number of methoxy groups -OCH3 is 3. The predicted molar refractivity (Wildman–Crippen MR) is 146 cm³/mol. The number of carbonyl (C=O) groups excluding carboxylic acids is 3. The van der Waals surface area contributed by atoms with Gasteiger partial charge in [-0.1, -0.05) is 30.7 Å². The fraction of sp³-hybridized carbons (Fsp3) is 0.393. The molecule has 0 saturated heterocycles. The average molecular weight is 540 g/mol. The molecule has 2 aromatic carbocycles. The number of hydrogen-bond acceptors (Lipinski definition) is 8. The van der Waals surface area contributed by atoms with Gasteiger partial charge in [0.05, 0.1) is 19.9 Å². The molecule has 1 heterocycles. The number of nitrogens with zero attached hydrogens (tertiary/aromatic N) is 1. The van der Waals surface area contributed by atoms with E-state index in [0.29, 0.717) is 35.9 Å². The van der Waals surface area contributed by atoms with Crippen molar-refractivity contribution in [1.29, 1.82) is 0 Å². The lowest BCUT2D eigenvalue weighted by atomic mass is 10.1. The van der Waals surface area contributed by atoms with E-state index < -0.39 is 5.91 Å². The zero-order chi connectivity index (χ0) is 27.1. The van der Waals surface area contributed by atoms with Gasteiger partial charge in [0.1, 0.15) is 22.1 Å². The molecule has 0 spiro atoms. The Balaban J connectivity index is 1.61. The SMILES string of the molecule is COCCCN1C(=O)C(Nc2ccc(OC)cc2OC)=C(Sc2cccc(NC(=O)C3CCCC3)c2)C1=O. The Labute approximate surface area is 226 Å². The van der Waals surface area contributed by atoms with Crippen LogP contribution < -0.4 is 20.1 Å². The lowest BCUT2D eigenvalue weighted by molar-refractivity contribution is -0.137. The summed E-state index contributed by atoms with van der Waals surface area (Å²) < 4.78 is 15.8. The quantitative estimate of drug-likeness (QED) is 0.297. The summed E-state index contributed by atoms with van der Waals surface area (Å²) in [6, 6.07) is 12.5. The van der Waals surface area contributed by atoms with E-state index in [0.717, 1.165) is 30.6 Å². The molecule has 1 aliphatic heterocycles. The van der Waals surface area contributed by atoms with Crippen LogP contribution in [0.15, 0.2) is 58.0 Å². The number of amides is 3. The Morgan fingerprint density at radius 3 is 2.53 bits per heavy atom. The molecule has 9 nitrogen and oxygen atoms in total. The summed E-state index contributed by atoms with van der Waals surface area (Å²) in [5.74, 6) is 0.329. The maximum absolute atomic E-state index is 13.4. The van der Waals surface area contributed by atoms with E-state index in [9.17, 15) is 14.4 Å². The highest BCUT2D eigenvalue weighted by molar-refractivity contribution is 8.04. The van der Waals surface area contributed by atoms with Gasteiger partial charge in [-0.25, -0.2) is 0 Å². The van der Waals surface area contributed by atoms with E-state index in [-0.39, 0.29) is 34.9 Å². The molecule has 2 N–H and O–H groups in total. The van der Waals surface area contributed by atoms with Gasteiger partial charge in [-0.3, -0.25) is 19.3 Å². The van der Waals surface area contributed by atoms with Gasteiger partial charge < -0.3 is 24.8 Å². The third-order valence-corrected chi connectivity index (χ3v) is 7.64. The van der Waals surface area contributed by atoms with Crippen LogP contribution in [-0.4, -0.2) is 57.1 Å². The summed E-state index contributed by atoms with van der Waals surface area (Å²) in [6.07, 6.45) is 4.49. The number of nitrogens with one attached hydrogen (secondary N) is 2. The minimum absolute atomic E-state index is 0.0225. The molecule has 1 aliphatic carbocycles. The third-order valence-electron chi connectivity index (χ3n) is 6.57. The second-order valence-corrected chi connectivity index (χ2v) is 10.2. The number of anilines is 2. The summed E-state index contributed by atoms with van der Waals surface area (Å²) in [5.41, 5.74) is 1.35. The molecule has 2 aliphatic rings. The molecule has 4 rings (SSSR count). The zero-order valence-electron chi connectivity index (χ0n) is 21.9. The standard InChI is InChI=1S/C28H33N3O6S/c1-35-15-7-14-31-27(33)24(30-22-13-12-20(36-2)17-23(22)37-3)25(28(31)34)38-21-11-6-10-19(16-21)29-26(32)18-8-4-5-9-18/h6,10-13,16-18,30H,4-5,7-9,14-15H2,1-3H3,(H,29,32). The highest BCUT2D eigenvalue weighted by atomic mass is 32.2. The first-order valence-electron chi connectivity index (χ1n) is 12.6. The highest BCUT2D eigenvalue weighted by Crippen LogP contribution is 2.39. The van der Waals surface area contributed by atoms with Crippen LogP contribution in [-0.2, 0) is 19.1 Å². The smallest absolute Gasteiger partial charge is 0.278 e. The van der Waals surface area contributed by atoms with Crippen LogP contribution in [0.2, 0.25) is 0 Å².